The average Bonchev–Trinajstić information content (AvgIpc) is 2.52. The molecule has 2 rings (SSSR count). The molecule has 1 aromatic rings. The molecule has 0 amide bonds. The SMILES string of the molecule is CC1CC(c2cccc(Cl)c2)=NO1. The second kappa shape index (κ2) is 3.38. The zero-order valence-corrected chi connectivity index (χ0v) is 8.08. The van der Waals surface area contributed by atoms with Gasteiger partial charge in [0.2, 0.25) is 0 Å². The molecule has 0 saturated heterocycles. The molecule has 0 N–H and O–H groups in total. The van der Waals surface area contributed by atoms with E-state index < -0.39 is 0 Å². The zero-order valence-electron chi connectivity index (χ0n) is 7.33. The summed E-state index contributed by atoms with van der Waals surface area (Å²) in [5, 5.41) is 4.72. The predicted octanol–water partition coefficient (Wildman–Crippen LogP) is 2.85. The molecule has 68 valence electrons. The molecule has 1 heterocycles. The number of benzene rings is 1. The molecule has 2 nitrogen and oxygen atoms in total. The van der Waals surface area contributed by atoms with Gasteiger partial charge in [-0.25, -0.2) is 0 Å². The Balaban J connectivity index is 2.26. The van der Waals surface area contributed by atoms with E-state index in [0.29, 0.717) is 0 Å². The standard InChI is InChI=1S/C10H10ClNO/c1-7-5-10(12-13-7)8-3-2-4-9(11)6-8/h2-4,6-7H,5H2,1H3. The maximum Gasteiger partial charge on any atom is 0.130 e. The molecular formula is C10H10ClNO. The minimum Gasteiger partial charge on any atom is -0.392 e. The molecule has 0 saturated carbocycles. The quantitative estimate of drug-likeness (QED) is 0.675. The van der Waals surface area contributed by atoms with E-state index in [1.165, 1.54) is 0 Å². The Morgan fingerprint density at radius 1 is 1.54 bits per heavy atom. The highest BCUT2D eigenvalue weighted by atomic mass is 35.5. The molecule has 1 atom stereocenters. The number of hydrogen-bond acceptors (Lipinski definition) is 2. The van der Waals surface area contributed by atoms with E-state index in [9.17, 15) is 0 Å². The van der Waals surface area contributed by atoms with E-state index in [0.717, 1.165) is 22.7 Å². The van der Waals surface area contributed by atoms with Crippen molar-refractivity contribution in [2.45, 2.75) is 19.4 Å². The van der Waals surface area contributed by atoms with Crippen LogP contribution in [0.1, 0.15) is 18.9 Å². The first kappa shape index (κ1) is 8.57. The van der Waals surface area contributed by atoms with Gasteiger partial charge in [0.15, 0.2) is 0 Å². The summed E-state index contributed by atoms with van der Waals surface area (Å²) >= 11 is 5.86. The van der Waals surface area contributed by atoms with Crippen molar-refractivity contribution in [3.05, 3.63) is 34.9 Å². The van der Waals surface area contributed by atoms with Crippen LogP contribution in [0.5, 0.6) is 0 Å². The summed E-state index contributed by atoms with van der Waals surface area (Å²) in [6.45, 7) is 2.00. The molecule has 3 heteroatoms. The van der Waals surface area contributed by atoms with Gasteiger partial charge in [-0.3, -0.25) is 0 Å². The minimum absolute atomic E-state index is 0.189. The van der Waals surface area contributed by atoms with Gasteiger partial charge in [0, 0.05) is 17.0 Å². The van der Waals surface area contributed by atoms with Crippen molar-refractivity contribution in [2.24, 2.45) is 5.16 Å². The van der Waals surface area contributed by atoms with E-state index in [1.807, 2.05) is 31.2 Å². The Kier molecular flexibility index (Phi) is 2.23. The lowest BCUT2D eigenvalue weighted by Gasteiger charge is -1.98. The largest absolute Gasteiger partial charge is 0.392 e. The normalized spacial score (nSPS) is 21.1. The number of halogens is 1. The Hall–Kier alpha value is -1.02. The van der Waals surface area contributed by atoms with E-state index in [2.05, 4.69) is 5.16 Å². The van der Waals surface area contributed by atoms with Crippen molar-refractivity contribution in [1.29, 1.82) is 0 Å². The van der Waals surface area contributed by atoms with Gasteiger partial charge in [0.25, 0.3) is 0 Å². The summed E-state index contributed by atoms with van der Waals surface area (Å²) in [6.07, 6.45) is 1.05. The fourth-order valence-electron chi connectivity index (χ4n) is 1.34. The Morgan fingerprint density at radius 3 is 3.00 bits per heavy atom. The van der Waals surface area contributed by atoms with Crippen molar-refractivity contribution in [1.82, 2.24) is 0 Å². The number of oxime groups is 1. The second-order valence-corrected chi connectivity index (χ2v) is 3.60. The summed E-state index contributed by atoms with van der Waals surface area (Å²) in [5.74, 6) is 0. The molecule has 0 aliphatic carbocycles. The van der Waals surface area contributed by atoms with E-state index in [-0.39, 0.29) is 6.10 Å². The number of hydrogen-bond donors (Lipinski definition) is 0. The second-order valence-electron chi connectivity index (χ2n) is 3.17. The molecule has 1 aromatic carbocycles. The average molecular weight is 196 g/mol. The molecule has 13 heavy (non-hydrogen) atoms. The summed E-state index contributed by atoms with van der Waals surface area (Å²) in [5.41, 5.74) is 2.03. The summed E-state index contributed by atoms with van der Waals surface area (Å²) in [6, 6.07) is 7.67. The van der Waals surface area contributed by atoms with Gasteiger partial charge in [-0.15, -0.1) is 0 Å². The molecule has 0 fully saturated rings. The Bertz CT molecular complexity index is 349. The summed E-state index contributed by atoms with van der Waals surface area (Å²) < 4.78 is 0. The maximum absolute atomic E-state index is 5.86. The van der Waals surface area contributed by atoms with Crippen LogP contribution in [0.2, 0.25) is 5.02 Å². The highest BCUT2D eigenvalue weighted by molar-refractivity contribution is 6.31. The Morgan fingerprint density at radius 2 is 2.38 bits per heavy atom. The monoisotopic (exact) mass is 195 g/mol. The summed E-state index contributed by atoms with van der Waals surface area (Å²) in [7, 11) is 0. The van der Waals surface area contributed by atoms with Crippen LogP contribution in [0.15, 0.2) is 29.4 Å². The fourth-order valence-corrected chi connectivity index (χ4v) is 1.53. The van der Waals surface area contributed by atoms with Crippen LogP contribution in [0.3, 0.4) is 0 Å². The zero-order chi connectivity index (χ0) is 9.26. The van der Waals surface area contributed by atoms with Crippen LogP contribution >= 0.6 is 11.6 Å². The molecule has 0 bridgehead atoms. The van der Waals surface area contributed by atoms with Crippen LogP contribution in [0.25, 0.3) is 0 Å². The van der Waals surface area contributed by atoms with Crippen molar-refractivity contribution < 1.29 is 4.84 Å². The van der Waals surface area contributed by atoms with Crippen molar-refractivity contribution in [2.75, 3.05) is 0 Å². The first-order valence-electron chi connectivity index (χ1n) is 4.24. The molecule has 1 aliphatic rings. The number of nitrogens with zero attached hydrogens (tertiary/aromatic N) is 1. The van der Waals surface area contributed by atoms with Crippen molar-refractivity contribution >= 4 is 17.3 Å². The minimum atomic E-state index is 0.189. The predicted molar refractivity (Wildman–Crippen MR) is 53.2 cm³/mol. The van der Waals surface area contributed by atoms with Gasteiger partial charge in [0.05, 0.1) is 5.71 Å². The third kappa shape index (κ3) is 1.83. The van der Waals surface area contributed by atoms with Gasteiger partial charge in [0.1, 0.15) is 6.10 Å². The highest BCUT2D eigenvalue weighted by Gasteiger charge is 2.17. The topological polar surface area (TPSA) is 21.6 Å². The van der Waals surface area contributed by atoms with E-state index in [1.54, 1.807) is 0 Å². The lowest BCUT2D eigenvalue weighted by atomic mass is 10.1. The first-order chi connectivity index (χ1) is 6.25. The molecule has 0 radical (unpaired) electrons. The number of rotatable bonds is 1. The molecule has 1 unspecified atom stereocenters. The third-order valence-corrected chi connectivity index (χ3v) is 2.22. The van der Waals surface area contributed by atoms with Gasteiger partial charge >= 0.3 is 0 Å². The van der Waals surface area contributed by atoms with Crippen LogP contribution in [0.4, 0.5) is 0 Å². The summed E-state index contributed by atoms with van der Waals surface area (Å²) in [4.78, 5) is 5.10. The van der Waals surface area contributed by atoms with E-state index in [4.69, 9.17) is 16.4 Å². The molecule has 0 aromatic heterocycles. The van der Waals surface area contributed by atoms with Crippen LogP contribution in [0, 0.1) is 0 Å². The Labute approximate surface area is 82.2 Å². The molecule has 1 aliphatic heterocycles. The third-order valence-electron chi connectivity index (χ3n) is 1.98. The smallest absolute Gasteiger partial charge is 0.130 e. The van der Waals surface area contributed by atoms with Gasteiger partial charge in [-0.05, 0) is 19.1 Å². The van der Waals surface area contributed by atoms with Crippen LogP contribution < -0.4 is 0 Å². The molecule has 0 spiro atoms. The highest BCUT2D eigenvalue weighted by Crippen LogP contribution is 2.18. The molecular weight excluding hydrogens is 186 g/mol. The maximum atomic E-state index is 5.86. The lowest BCUT2D eigenvalue weighted by Crippen LogP contribution is -2.02. The van der Waals surface area contributed by atoms with E-state index >= 15 is 0 Å². The van der Waals surface area contributed by atoms with Crippen LogP contribution in [-0.4, -0.2) is 11.8 Å². The van der Waals surface area contributed by atoms with Crippen LogP contribution in [-0.2, 0) is 4.84 Å². The fraction of sp³-hybridized carbons (Fsp3) is 0.300. The van der Waals surface area contributed by atoms with Gasteiger partial charge in [-0.2, -0.15) is 0 Å². The van der Waals surface area contributed by atoms with Crippen molar-refractivity contribution in [3.63, 3.8) is 0 Å². The first-order valence-corrected chi connectivity index (χ1v) is 4.62. The van der Waals surface area contributed by atoms with Gasteiger partial charge in [-0.1, -0.05) is 28.9 Å². The lowest BCUT2D eigenvalue weighted by molar-refractivity contribution is 0.0995. The van der Waals surface area contributed by atoms with Gasteiger partial charge < -0.3 is 4.84 Å². The van der Waals surface area contributed by atoms with Crippen molar-refractivity contribution in [3.8, 4) is 0 Å².